The van der Waals surface area contributed by atoms with E-state index in [9.17, 15) is 0 Å². The van der Waals surface area contributed by atoms with Crippen molar-refractivity contribution in [3.63, 3.8) is 0 Å². The number of aromatic nitrogens is 2. The average Bonchev–Trinajstić information content (AvgIpc) is 3.10. The van der Waals surface area contributed by atoms with Crippen LogP contribution in [-0.4, -0.2) is 39.9 Å². The fourth-order valence-electron chi connectivity index (χ4n) is 3.36. The molecule has 1 N–H and O–H groups in total. The summed E-state index contributed by atoms with van der Waals surface area (Å²) in [5, 5.41) is 8.92. The molecule has 0 saturated carbocycles. The van der Waals surface area contributed by atoms with Gasteiger partial charge in [0.15, 0.2) is 0 Å². The smallest absolute Gasteiger partial charge is 0.0834 e. The summed E-state index contributed by atoms with van der Waals surface area (Å²) in [5.41, 5.74) is 1.16. The van der Waals surface area contributed by atoms with E-state index >= 15 is 0 Å². The standard InChI is InChI=1S/C16H29ClN4/c1-5-9-18-15(14-13(17)12-19-21(14)6-2)16(3,4)20-10-7-8-11-20/h12,15,18H,5-11H2,1-4H3. The first kappa shape index (κ1) is 16.8. The van der Waals surface area contributed by atoms with E-state index in [2.05, 4.69) is 43.0 Å². The van der Waals surface area contributed by atoms with Crippen LogP contribution in [0.25, 0.3) is 0 Å². The Morgan fingerprint density at radius 1 is 1.33 bits per heavy atom. The third kappa shape index (κ3) is 3.43. The first-order valence-electron chi connectivity index (χ1n) is 8.22. The molecule has 1 fully saturated rings. The summed E-state index contributed by atoms with van der Waals surface area (Å²) in [6, 6.07) is 0.200. The van der Waals surface area contributed by atoms with Crippen LogP contribution in [0.4, 0.5) is 0 Å². The Morgan fingerprint density at radius 3 is 2.57 bits per heavy atom. The molecule has 21 heavy (non-hydrogen) atoms. The SMILES string of the molecule is CCCNC(c1c(Cl)cnn1CC)C(C)(C)N1CCCC1. The molecule has 120 valence electrons. The van der Waals surface area contributed by atoms with Crippen LogP contribution >= 0.6 is 11.6 Å². The first-order chi connectivity index (χ1) is 10.0. The Morgan fingerprint density at radius 2 is 2.00 bits per heavy atom. The Balaban J connectivity index is 2.34. The second-order valence-electron chi connectivity index (χ2n) is 6.43. The van der Waals surface area contributed by atoms with Gasteiger partial charge in [-0.2, -0.15) is 5.10 Å². The molecule has 2 heterocycles. The van der Waals surface area contributed by atoms with Crippen molar-refractivity contribution in [2.24, 2.45) is 0 Å². The molecule has 5 heteroatoms. The Hall–Kier alpha value is -0.580. The number of nitrogens with zero attached hydrogens (tertiary/aromatic N) is 3. The number of hydrogen-bond acceptors (Lipinski definition) is 3. The summed E-state index contributed by atoms with van der Waals surface area (Å²) in [6.07, 6.45) is 5.49. The molecule has 1 aliphatic rings. The number of aryl methyl sites for hydroxylation is 1. The van der Waals surface area contributed by atoms with Crippen molar-refractivity contribution in [1.82, 2.24) is 20.0 Å². The molecule has 0 spiro atoms. The van der Waals surface area contributed by atoms with Gasteiger partial charge in [0.05, 0.1) is 23.0 Å². The van der Waals surface area contributed by atoms with Crippen LogP contribution in [0.2, 0.25) is 5.02 Å². The highest BCUT2D eigenvalue weighted by molar-refractivity contribution is 6.31. The van der Waals surface area contributed by atoms with Crippen LogP contribution in [0.1, 0.15) is 58.7 Å². The van der Waals surface area contributed by atoms with Gasteiger partial charge in [-0.25, -0.2) is 0 Å². The summed E-state index contributed by atoms with van der Waals surface area (Å²) < 4.78 is 2.04. The van der Waals surface area contributed by atoms with Crippen LogP contribution < -0.4 is 5.32 Å². The van der Waals surface area contributed by atoms with E-state index < -0.39 is 0 Å². The zero-order valence-corrected chi connectivity index (χ0v) is 14.6. The fourth-order valence-corrected chi connectivity index (χ4v) is 3.61. The monoisotopic (exact) mass is 312 g/mol. The van der Waals surface area contributed by atoms with Crippen molar-refractivity contribution in [2.45, 2.75) is 65.1 Å². The maximum atomic E-state index is 6.47. The molecule has 0 radical (unpaired) electrons. The van der Waals surface area contributed by atoms with Crippen LogP contribution in [0.15, 0.2) is 6.20 Å². The predicted octanol–water partition coefficient (Wildman–Crippen LogP) is 3.47. The molecule has 0 bridgehead atoms. The molecule has 1 aromatic heterocycles. The lowest BCUT2D eigenvalue weighted by Gasteiger charge is -2.43. The molecule has 2 rings (SSSR count). The van der Waals surface area contributed by atoms with Crippen LogP contribution in [0, 0.1) is 0 Å². The third-order valence-electron chi connectivity index (χ3n) is 4.63. The van der Waals surface area contributed by atoms with Crippen LogP contribution in [0.5, 0.6) is 0 Å². The lowest BCUT2D eigenvalue weighted by Crippen LogP contribution is -2.52. The van der Waals surface area contributed by atoms with Gasteiger partial charge < -0.3 is 5.32 Å². The summed E-state index contributed by atoms with van der Waals surface area (Å²) in [4.78, 5) is 2.59. The predicted molar refractivity (Wildman–Crippen MR) is 88.8 cm³/mol. The van der Waals surface area contributed by atoms with E-state index in [1.54, 1.807) is 6.20 Å². The largest absolute Gasteiger partial charge is 0.307 e. The number of rotatable bonds is 7. The summed E-state index contributed by atoms with van der Waals surface area (Å²) >= 11 is 6.47. The molecule has 0 aromatic carbocycles. The number of hydrogen-bond donors (Lipinski definition) is 1. The maximum Gasteiger partial charge on any atom is 0.0834 e. The molecule has 1 unspecified atom stereocenters. The zero-order valence-electron chi connectivity index (χ0n) is 13.8. The molecule has 0 amide bonds. The van der Waals surface area contributed by atoms with Gasteiger partial charge in [0.25, 0.3) is 0 Å². The second kappa shape index (κ2) is 7.12. The topological polar surface area (TPSA) is 33.1 Å². The molecule has 0 aliphatic carbocycles. The molecule has 1 atom stereocenters. The molecule has 4 nitrogen and oxygen atoms in total. The highest BCUT2D eigenvalue weighted by Crippen LogP contribution is 2.36. The van der Waals surface area contributed by atoms with Gasteiger partial charge in [-0.3, -0.25) is 9.58 Å². The number of nitrogens with one attached hydrogen (secondary N) is 1. The van der Waals surface area contributed by atoms with E-state index in [1.165, 1.54) is 25.9 Å². The molecule has 1 aromatic rings. The van der Waals surface area contributed by atoms with Gasteiger partial charge in [-0.15, -0.1) is 0 Å². The van der Waals surface area contributed by atoms with E-state index in [0.29, 0.717) is 0 Å². The van der Waals surface area contributed by atoms with E-state index in [-0.39, 0.29) is 11.6 Å². The van der Waals surface area contributed by atoms with Crippen molar-refractivity contribution < 1.29 is 0 Å². The third-order valence-corrected chi connectivity index (χ3v) is 4.92. The molecule has 1 saturated heterocycles. The number of halogens is 1. The quantitative estimate of drug-likeness (QED) is 0.837. The molecular formula is C16H29ClN4. The van der Waals surface area contributed by atoms with E-state index in [0.717, 1.165) is 30.2 Å². The maximum absolute atomic E-state index is 6.47. The van der Waals surface area contributed by atoms with Gasteiger partial charge in [0, 0.05) is 12.1 Å². The van der Waals surface area contributed by atoms with Crippen LogP contribution in [0.3, 0.4) is 0 Å². The Bertz CT molecular complexity index is 449. The minimum Gasteiger partial charge on any atom is -0.307 e. The minimum atomic E-state index is 0.0300. The second-order valence-corrected chi connectivity index (χ2v) is 6.84. The summed E-state index contributed by atoms with van der Waals surface area (Å²) in [7, 11) is 0. The Kier molecular flexibility index (Phi) is 5.69. The van der Waals surface area contributed by atoms with Crippen molar-refractivity contribution >= 4 is 11.6 Å². The van der Waals surface area contributed by atoms with Gasteiger partial charge in [0.1, 0.15) is 0 Å². The van der Waals surface area contributed by atoms with Gasteiger partial charge >= 0.3 is 0 Å². The summed E-state index contributed by atoms with van der Waals surface area (Å²) in [5.74, 6) is 0. The van der Waals surface area contributed by atoms with E-state index in [4.69, 9.17) is 11.6 Å². The van der Waals surface area contributed by atoms with Crippen molar-refractivity contribution in [1.29, 1.82) is 0 Å². The average molecular weight is 313 g/mol. The normalized spacial score (nSPS) is 18.3. The Labute approximate surface area is 133 Å². The van der Waals surface area contributed by atoms with Crippen molar-refractivity contribution in [2.75, 3.05) is 19.6 Å². The van der Waals surface area contributed by atoms with Crippen molar-refractivity contribution in [3.05, 3.63) is 16.9 Å². The lowest BCUT2D eigenvalue weighted by atomic mass is 9.89. The highest BCUT2D eigenvalue weighted by Gasteiger charge is 2.39. The summed E-state index contributed by atoms with van der Waals surface area (Å²) in [6.45, 7) is 13.2. The van der Waals surface area contributed by atoms with Crippen LogP contribution in [-0.2, 0) is 6.54 Å². The molecule has 1 aliphatic heterocycles. The fraction of sp³-hybridized carbons (Fsp3) is 0.812. The molecular weight excluding hydrogens is 284 g/mol. The van der Waals surface area contributed by atoms with Gasteiger partial charge in [-0.05, 0) is 59.7 Å². The highest BCUT2D eigenvalue weighted by atomic mass is 35.5. The number of likely N-dealkylation sites (tertiary alicyclic amines) is 1. The first-order valence-corrected chi connectivity index (χ1v) is 8.59. The zero-order chi connectivity index (χ0) is 15.5. The van der Waals surface area contributed by atoms with Gasteiger partial charge in [-0.1, -0.05) is 18.5 Å². The van der Waals surface area contributed by atoms with Crippen molar-refractivity contribution in [3.8, 4) is 0 Å². The minimum absolute atomic E-state index is 0.0300. The van der Waals surface area contributed by atoms with E-state index in [1.807, 2.05) is 4.68 Å². The lowest BCUT2D eigenvalue weighted by molar-refractivity contribution is 0.103. The van der Waals surface area contributed by atoms with Gasteiger partial charge in [0.2, 0.25) is 0 Å².